The van der Waals surface area contributed by atoms with Gasteiger partial charge in [0, 0.05) is 18.3 Å². The smallest absolute Gasteiger partial charge is 0.277 e. The van der Waals surface area contributed by atoms with Crippen molar-refractivity contribution in [2.75, 3.05) is 11.9 Å². The number of carbonyl (C=O) groups excluding carboxylic acids is 2. The van der Waals surface area contributed by atoms with E-state index in [2.05, 4.69) is 5.32 Å². The minimum Gasteiger partial charge on any atom is -0.351 e. The highest BCUT2D eigenvalue weighted by molar-refractivity contribution is 6.17. The van der Waals surface area contributed by atoms with Gasteiger partial charge in [-0.15, -0.1) is 0 Å². The monoisotopic (exact) mass is 244 g/mol. The van der Waals surface area contributed by atoms with E-state index in [0.717, 1.165) is 16.8 Å². The van der Waals surface area contributed by atoms with Crippen LogP contribution >= 0.6 is 0 Å². The van der Waals surface area contributed by atoms with Gasteiger partial charge in [-0.3, -0.25) is 14.5 Å². The molecule has 1 aromatic rings. The third kappa shape index (κ3) is 2.01. The predicted molar refractivity (Wildman–Crippen MR) is 70.0 cm³/mol. The molecule has 1 N–H and O–H groups in total. The molecule has 1 heterocycles. The van der Waals surface area contributed by atoms with Crippen molar-refractivity contribution in [3.05, 3.63) is 41.1 Å². The fraction of sp³-hybridized carbons (Fsp3) is 0.286. The summed E-state index contributed by atoms with van der Waals surface area (Å²) in [6.45, 7) is 6.17. The van der Waals surface area contributed by atoms with Crippen molar-refractivity contribution in [1.82, 2.24) is 4.90 Å². The van der Waals surface area contributed by atoms with Crippen LogP contribution in [0, 0.1) is 13.8 Å². The molecule has 0 spiro atoms. The van der Waals surface area contributed by atoms with Gasteiger partial charge in [0.2, 0.25) is 0 Å². The summed E-state index contributed by atoms with van der Waals surface area (Å²) in [5.41, 5.74) is 3.43. The number of imide groups is 1. The number of hydrogen-bond acceptors (Lipinski definition) is 3. The summed E-state index contributed by atoms with van der Waals surface area (Å²) in [5, 5.41) is 3.04. The van der Waals surface area contributed by atoms with Gasteiger partial charge in [-0.05, 0) is 38.0 Å². The van der Waals surface area contributed by atoms with Crippen LogP contribution in [0.5, 0.6) is 0 Å². The number of anilines is 1. The summed E-state index contributed by atoms with van der Waals surface area (Å²) in [5.74, 6) is -0.515. The first-order chi connectivity index (χ1) is 8.54. The molecule has 1 aliphatic rings. The van der Waals surface area contributed by atoms with Crippen molar-refractivity contribution >= 4 is 17.5 Å². The van der Waals surface area contributed by atoms with Gasteiger partial charge in [0.15, 0.2) is 0 Å². The maximum atomic E-state index is 11.9. The summed E-state index contributed by atoms with van der Waals surface area (Å²) in [7, 11) is 0. The van der Waals surface area contributed by atoms with Crippen LogP contribution in [0.25, 0.3) is 0 Å². The summed E-state index contributed by atoms with van der Waals surface area (Å²) in [6, 6.07) is 5.83. The van der Waals surface area contributed by atoms with E-state index in [1.165, 1.54) is 11.0 Å². The highest BCUT2D eigenvalue weighted by Crippen LogP contribution is 2.22. The maximum absolute atomic E-state index is 11.9. The Morgan fingerprint density at radius 3 is 2.56 bits per heavy atom. The second-order valence-corrected chi connectivity index (χ2v) is 4.32. The lowest BCUT2D eigenvalue weighted by atomic mass is 10.1. The van der Waals surface area contributed by atoms with Gasteiger partial charge in [-0.2, -0.15) is 0 Å². The molecule has 0 atom stereocenters. The van der Waals surface area contributed by atoms with E-state index < -0.39 is 0 Å². The SMILES string of the molecule is CCN1C(=O)C=C(Nc2cccc(C)c2C)C1=O. The van der Waals surface area contributed by atoms with Gasteiger partial charge < -0.3 is 5.32 Å². The van der Waals surface area contributed by atoms with E-state index in [9.17, 15) is 9.59 Å². The topological polar surface area (TPSA) is 49.4 Å². The average Bonchev–Trinajstić information content (AvgIpc) is 2.60. The largest absolute Gasteiger partial charge is 0.351 e. The minimum absolute atomic E-state index is 0.254. The van der Waals surface area contributed by atoms with E-state index in [0.29, 0.717) is 12.2 Å². The molecule has 0 aliphatic carbocycles. The molecule has 0 radical (unpaired) electrons. The molecule has 4 heteroatoms. The van der Waals surface area contributed by atoms with E-state index >= 15 is 0 Å². The van der Waals surface area contributed by atoms with Crippen molar-refractivity contribution in [1.29, 1.82) is 0 Å². The van der Waals surface area contributed by atoms with Crippen LogP contribution in [-0.2, 0) is 9.59 Å². The molecule has 18 heavy (non-hydrogen) atoms. The first-order valence-corrected chi connectivity index (χ1v) is 5.95. The van der Waals surface area contributed by atoms with Gasteiger partial charge in [0.1, 0.15) is 5.70 Å². The molecule has 1 aromatic carbocycles. The Morgan fingerprint density at radius 1 is 1.22 bits per heavy atom. The lowest BCUT2D eigenvalue weighted by Gasteiger charge is -2.14. The summed E-state index contributed by atoms with van der Waals surface area (Å²) in [6.07, 6.45) is 1.35. The maximum Gasteiger partial charge on any atom is 0.277 e. The lowest BCUT2D eigenvalue weighted by molar-refractivity contribution is -0.136. The number of nitrogens with one attached hydrogen (secondary N) is 1. The van der Waals surface area contributed by atoms with Gasteiger partial charge in [-0.25, -0.2) is 0 Å². The zero-order valence-corrected chi connectivity index (χ0v) is 10.8. The Kier molecular flexibility index (Phi) is 3.19. The number of carbonyl (C=O) groups is 2. The van der Waals surface area contributed by atoms with Crippen LogP contribution in [0.1, 0.15) is 18.1 Å². The quantitative estimate of drug-likeness (QED) is 0.827. The molecule has 94 valence electrons. The highest BCUT2D eigenvalue weighted by atomic mass is 16.2. The number of hydrogen-bond donors (Lipinski definition) is 1. The first-order valence-electron chi connectivity index (χ1n) is 5.95. The van der Waals surface area contributed by atoms with Crippen molar-refractivity contribution < 1.29 is 9.59 Å². The van der Waals surface area contributed by atoms with E-state index in [1.54, 1.807) is 6.92 Å². The standard InChI is InChI=1S/C14H16N2O2/c1-4-16-13(17)8-12(14(16)18)15-11-7-5-6-9(2)10(11)3/h5-8,15H,4H2,1-3H3. The lowest BCUT2D eigenvalue weighted by Crippen LogP contribution is -2.31. The summed E-state index contributed by atoms with van der Waals surface area (Å²) < 4.78 is 0. The van der Waals surface area contributed by atoms with Crippen molar-refractivity contribution in [3.8, 4) is 0 Å². The van der Waals surface area contributed by atoms with Crippen LogP contribution in [-0.4, -0.2) is 23.3 Å². The molecule has 1 aliphatic heterocycles. The number of likely N-dealkylation sites (N-methyl/N-ethyl adjacent to an activating group) is 1. The van der Waals surface area contributed by atoms with Crippen LogP contribution in [0.15, 0.2) is 30.0 Å². The molecule has 0 bridgehead atoms. The van der Waals surface area contributed by atoms with Crippen molar-refractivity contribution in [2.24, 2.45) is 0 Å². The fourth-order valence-corrected chi connectivity index (χ4v) is 1.93. The molecule has 0 saturated heterocycles. The fourth-order valence-electron chi connectivity index (χ4n) is 1.93. The molecule has 0 fully saturated rings. The Labute approximate surface area is 106 Å². The molecule has 4 nitrogen and oxygen atoms in total. The summed E-state index contributed by atoms with van der Waals surface area (Å²) >= 11 is 0. The first kappa shape index (κ1) is 12.4. The average molecular weight is 244 g/mol. The Morgan fingerprint density at radius 2 is 1.94 bits per heavy atom. The third-order valence-electron chi connectivity index (χ3n) is 3.20. The zero-order valence-electron chi connectivity index (χ0n) is 10.8. The number of rotatable bonds is 3. The second-order valence-electron chi connectivity index (χ2n) is 4.32. The van der Waals surface area contributed by atoms with Crippen molar-refractivity contribution in [2.45, 2.75) is 20.8 Å². The van der Waals surface area contributed by atoms with E-state index in [1.807, 2.05) is 32.0 Å². The number of amides is 2. The zero-order chi connectivity index (χ0) is 13.3. The van der Waals surface area contributed by atoms with Crippen LogP contribution in [0.3, 0.4) is 0 Å². The molecular formula is C14H16N2O2. The molecule has 2 rings (SSSR count). The number of aryl methyl sites for hydroxylation is 1. The van der Waals surface area contributed by atoms with E-state index in [-0.39, 0.29) is 11.8 Å². The van der Waals surface area contributed by atoms with Gasteiger partial charge in [0.25, 0.3) is 11.8 Å². The van der Waals surface area contributed by atoms with Gasteiger partial charge in [0.05, 0.1) is 0 Å². The van der Waals surface area contributed by atoms with Gasteiger partial charge in [-0.1, -0.05) is 12.1 Å². The summed E-state index contributed by atoms with van der Waals surface area (Å²) in [4.78, 5) is 24.7. The Balaban J connectivity index is 2.26. The molecule has 0 aromatic heterocycles. The molecular weight excluding hydrogens is 228 g/mol. The van der Waals surface area contributed by atoms with Gasteiger partial charge >= 0.3 is 0 Å². The van der Waals surface area contributed by atoms with E-state index in [4.69, 9.17) is 0 Å². The normalized spacial score (nSPS) is 15.1. The van der Waals surface area contributed by atoms with Crippen LogP contribution < -0.4 is 5.32 Å². The van der Waals surface area contributed by atoms with Crippen LogP contribution in [0.4, 0.5) is 5.69 Å². The number of benzene rings is 1. The highest BCUT2D eigenvalue weighted by Gasteiger charge is 2.29. The molecule has 0 saturated carbocycles. The second kappa shape index (κ2) is 4.64. The Hall–Kier alpha value is -2.10. The molecule has 0 unspecified atom stereocenters. The number of nitrogens with zero attached hydrogens (tertiary/aromatic N) is 1. The Bertz CT molecular complexity index is 547. The van der Waals surface area contributed by atoms with Crippen molar-refractivity contribution in [3.63, 3.8) is 0 Å². The third-order valence-corrected chi connectivity index (χ3v) is 3.20. The molecule has 2 amide bonds. The predicted octanol–water partition coefficient (Wildman–Crippen LogP) is 1.99. The van der Waals surface area contributed by atoms with Crippen LogP contribution in [0.2, 0.25) is 0 Å². The minimum atomic E-state index is -0.261.